The van der Waals surface area contributed by atoms with Gasteiger partial charge in [0.05, 0.1) is 22.5 Å². The second-order valence-corrected chi connectivity index (χ2v) is 9.41. The summed E-state index contributed by atoms with van der Waals surface area (Å²) >= 11 is 1.57. The molecule has 2 heterocycles. The Morgan fingerprint density at radius 2 is 2.03 bits per heavy atom. The van der Waals surface area contributed by atoms with Crippen LogP contribution >= 0.6 is 11.3 Å². The van der Waals surface area contributed by atoms with Crippen LogP contribution in [0.15, 0.2) is 36.0 Å². The first kappa shape index (κ1) is 21.4. The van der Waals surface area contributed by atoms with Gasteiger partial charge < -0.3 is 21.1 Å². The Balaban J connectivity index is 1.62. The van der Waals surface area contributed by atoms with Gasteiger partial charge in [-0.2, -0.15) is 0 Å². The van der Waals surface area contributed by atoms with Gasteiger partial charge in [-0.3, -0.25) is 14.6 Å². The summed E-state index contributed by atoms with van der Waals surface area (Å²) in [4.78, 5) is 32.1. The molecule has 7 nitrogen and oxygen atoms in total. The summed E-state index contributed by atoms with van der Waals surface area (Å²) < 4.78 is 0. The number of amides is 2. The first-order chi connectivity index (χ1) is 13.7. The minimum Gasteiger partial charge on any atom is -0.391 e. The third kappa shape index (κ3) is 5.01. The summed E-state index contributed by atoms with van der Waals surface area (Å²) in [7, 11) is 0. The molecule has 0 radical (unpaired) electrons. The third-order valence-electron chi connectivity index (χ3n) is 5.20. The Morgan fingerprint density at radius 1 is 1.34 bits per heavy atom. The largest absolute Gasteiger partial charge is 0.391 e. The molecule has 0 bridgehead atoms. The van der Waals surface area contributed by atoms with Crippen LogP contribution in [0.5, 0.6) is 0 Å². The number of hydrogen-bond acceptors (Lipinski definition) is 6. The van der Waals surface area contributed by atoms with E-state index in [0.29, 0.717) is 6.54 Å². The minimum atomic E-state index is -0.734. The van der Waals surface area contributed by atoms with E-state index in [1.54, 1.807) is 16.8 Å². The monoisotopic (exact) mass is 416 g/mol. The summed E-state index contributed by atoms with van der Waals surface area (Å²) in [6.07, 6.45) is 1.32. The van der Waals surface area contributed by atoms with Crippen LogP contribution in [0.2, 0.25) is 0 Å². The van der Waals surface area contributed by atoms with Gasteiger partial charge in [-0.15, -0.1) is 11.3 Å². The lowest BCUT2D eigenvalue weighted by molar-refractivity contribution is -0.141. The number of nitrogens with zero attached hydrogens (tertiary/aromatic N) is 2. The van der Waals surface area contributed by atoms with Crippen molar-refractivity contribution in [1.29, 1.82) is 0 Å². The molecule has 0 spiro atoms. The van der Waals surface area contributed by atoms with Crippen molar-refractivity contribution in [3.05, 3.63) is 41.5 Å². The normalized spacial score (nSPS) is 20.5. The molecule has 0 unspecified atom stereocenters. The smallest absolute Gasteiger partial charge is 0.243 e. The second kappa shape index (κ2) is 8.61. The molecular formula is C21H28N4O3S. The van der Waals surface area contributed by atoms with Gasteiger partial charge in [-0.1, -0.05) is 45.0 Å². The number of likely N-dealkylation sites (tertiary alicyclic amines) is 1. The minimum absolute atomic E-state index is 0.129. The fraction of sp³-hybridized carbons (Fsp3) is 0.476. The summed E-state index contributed by atoms with van der Waals surface area (Å²) in [5, 5.41) is 12.9. The van der Waals surface area contributed by atoms with Crippen molar-refractivity contribution < 1.29 is 14.7 Å². The molecule has 3 atom stereocenters. The van der Waals surface area contributed by atoms with Crippen molar-refractivity contribution in [3.63, 3.8) is 0 Å². The summed E-state index contributed by atoms with van der Waals surface area (Å²) in [6, 6.07) is 6.46. The van der Waals surface area contributed by atoms with E-state index in [9.17, 15) is 14.7 Å². The fourth-order valence-electron chi connectivity index (χ4n) is 3.31. The van der Waals surface area contributed by atoms with E-state index in [0.717, 1.165) is 16.0 Å². The summed E-state index contributed by atoms with van der Waals surface area (Å²) in [5.41, 5.74) is 9.49. The number of hydrogen-bond donors (Lipinski definition) is 3. The molecule has 156 valence electrons. The molecule has 1 aromatic heterocycles. The maximum Gasteiger partial charge on any atom is 0.243 e. The Bertz CT molecular complexity index is 846. The van der Waals surface area contributed by atoms with Crippen LogP contribution in [-0.2, 0) is 16.1 Å². The van der Waals surface area contributed by atoms with Gasteiger partial charge in [-0.25, -0.2) is 0 Å². The first-order valence-electron chi connectivity index (χ1n) is 9.66. The van der Waals surface area contributed by atoms with Crippen molar-refractivity contribution >= 4 is 23.2 Å². The zero-order valence-corrected chi connectivity index (χ0v) is 17.8. The van der Waals surface area contributed by atoms with E-state index >= 15 is 0 Å². The number of thiazole rings is 1. The van der Waals surface area contributed by atoms with Crippen LogP contribution in [0, 0.1) is 5.41 Å². The van der Waals surface area contributed by atoms with E-state index < -0.39 is 23.6 Å². The van der Waals surface area contributed by atoms with Crippen molar-refractivity contribution in [3.8, 4) is 10.4 Å². The van der Waals surface area contributed by atoms with E-state index in [2.05, 4.69) is 10.3 Å². The van der Waals surface area contributed by atoms with E-state index in [-0.39, 0.29) is 24.8 Å². The molecule has 8 heteroatoms. The zero-order valence-electron chi connectivity index (χ0n) is 17.0. The van der Waals surface area contributed by atoms with Gasteiger partial charge in [0.25, 0.3) is 0 Å². The van der Waals surface area contributed by atoms with E-state index in [1.807, 2.05) is 51.2 Å². The summed E-state index contributed by atoms with van der Waals surface area (Å²) in [5.74, 6) is -0.578. The lowest BCUT2D eigenvalue weighted by Crippen LogP contribution is -2.54. The predicted molar refractivity (Wildman–Crippen MR) is 113 cm³/mol. The number of carbonyl (C=O) groups excluding carboxylic acids is 2. The lowest BCUT2D eigenvalue weighted by atomic mass is 9.86. The average molecular weight is 417 g/mol. The second-order valence-electron chi connectivity index (χ2n) is 8.52. The van der Waals surface area contributed by atoms with Crippen LogP contribution in [0.3, 0.4) is 0 Å². The van der Waals surface area contributed by atoms with Crippen molar-refractivity contribution in [2.45, 2.75) is 51.9 Å². The number of aliphatic hydroxyl groups is 1. The molecule has 3 rings (SSSR count). The molecular weight excluding hydrogens is 388 g/mol. The van der Waals surface area contributed by atoms with Gasteiger partial charge in [0.15, 0.2) is 0 Å². The number of nitrogens with two attached hydrogens (primary N) is 1. The molecule has 1 aliphatic rings. The van der Waals surface area contributed by atoms with Gasteiger partial charge in [0.1, 0.15) is 6.04 Å². The van der Waals surface area contributed by atoms with Gasteiger partial charge in [0, 0.05) is 25.7 Å². The van der Waals surface area contributed by atoms with Gasteiger partial charge in [-0.05, 0) is 16.5 Å². The predicted octanol–water partition coefficient (Wildman–Crippen LogP) is 1.76. The number of benzene rings is 1. The molecule has 4 N–H and O–H groups in total. The SMILES string of the molecule is CC(C)(C)[C@H](N)C(=O)N1C[C@H](O)C[C@H]1C(=O)NCc1ccc(-c2cncs2)cc1. The number of β-amino-alcohol motifs (C(OH)–C–C–N with tert-alkyl or cyclic N) is 1. The van der Waals surface area contributed by atoms with Crippen molar-refractivity contribution in [2.75, 3.05) is 6.54 Å². The van der Waals surface area contributed by atoms with E-state index in [1.165, 1.54) is 4.90 Å². The van der Waals surface area contributed by atoms with Gasteiger partial charge in [0.2, 0.25) is 11.8 Å². The van der Waals surface area contributed by atoms with Crippen molar-refractivity contribution in [1.82, 2.24) is 15.2 Å². The first-order valence-corrected chi connectivity index (χ1v) is 10.5. The Morgan fingerprint density at radius 3 is 2.62 bits per heavy atom. The topological polar surface area (TPSA) is 109 Å². The number of nitrogens with one attached hydrogen (secondary N) is 1. The van der Waals surface area contributed by atoms with Gasteiger partial charge >= 0.3 is 0 Å². The molecule has 29 heavy (non-hydrogen) atoms. The molecule has 0 aliphatic carbocycles. The maximum atomic E-state index is 12.8. The highest BCUT2D eigenvalue weighted by atomic mass is 32.1. The van der Waals surface area contributed by atoms with Crippen molar-refractivity contribution in [2.24, 2.45) is 11.1 Å². The van der Waals surface area contributed by atoms with Crippen LogP contribution in [0.25, 0.3) is 10.4 Å². The molecule has 2 amide bonds. The Labute approximate surface area is 174 Å². The highest BCUT2D eigenvalue weighted by molar-refractivity contribution is 7.13. The molecule has 1 fully saturated rings. The Hall–Kier alpha value is -2.29. The standard InChI is InChI=1S/C21H28N4O3S/c1-21(2,3)18(22)20(28)25-11-15(26)8-16(25)19(27)24-9-13-4-6-14(7-5-13)17-10-23-12-29-17/h4-7,10,12,15-16,18,26H,8-9,11,22H2,1-3H3,(H,24,27)/t15-,16+,18-/m1/s1. The Kier molecular flexibility index (Phi) is 6.36. The molecule has 1 aliphatic heterocycles. The number of rotatable bonds is 5. The van der Waals surface area contributed by atoms with E-state index in [4.69, 9.17) is 5.73 Å². The maximum absolute atomic E-state index is 12.8. The number of aromatic nitrogens is 1. The quantitative estimate of drug-likeness (QED) is 0.688. The van der Waals surface area contributed by atoms with Crippen LogP contribution < -0.4 is 11.1 Å². The molecule has 1 saturated heterocycles. The number of carbonyl (C=O) groups is 2. The highest BCUT2D eigenvalue weighted by Gasteiger charge is 2.42. The highest BCUT2D eigenvalue weighted by Crippen LogP contribution is 2.25. The molecule has 0 saturated carbocycles. The third-order valence-corrected chi connectivity index (χ3v) is 6.02. The zero-order chi connectivity index (χ0) is 21.2. The molecule has 2 aromatic rings. The molecule has 1 aromatic carbocycles. The van der Waals surface area contributed by atoms with Crippen LogP contribution in [-0.4, -0.2) is 51.5 Å². The lowest BCUT2D eigenvalue weighted by Gasteiger charge is -2.32. The number of aliphatic hydroxyl groups excluding tert-OH is 1. The summed E-state index contributed by atoms with van der Waals surface area (Å²) in [6.45, 7) is 6.12. The fourth-order valence-corrected chi connectivity index (χ4v) is 3.94. The van der Waals surface area contributed by atoms with Crippen LogP contribution in [0.4, 0.5) is 0 Å². The average Bonchev–Trinajstić information content (AvgIpc) is 3.34. The van der Waals surface area contributed by atoms with Crippen LogP contribution in [0.1, 0.15) is 32.8 Å².